The SMILES string of the molecule is CCC(C)CNc1cccc(-n2cnnc2)c1. The van der Waals surface area contributed by atoms with E-state index in [2.05, 4.69) is 41.5 Å². The van der Waals surface area contributed by atoms with Gasteiger partial charge in [-0.1, -0.05) is 26.3 Å². The van der Waals surface area contributed by atoms with Gasteiger partial charge in [0.15, 0.2) is 0 Å². The molecule has 0 amide bonds. The summed E-state index contributed by atoms with van der Waals surface area (Å²) in [7, 11) is 0. The molecule has 1 N–H and O–H groups in total. The third-order valence-corrected chi connectivity index (χ3v) is 2.91. The molecule has 4 nitrogen and oxygen atoms in total. The van der Waals surface area contributed by atoms with Crippen LogP contribution in [-0.2, 0) is 0 Å². The van der Waals surface area contributed by atoms with E-state index in [4.69, 9.17) is 0 Å². The molecular weight excluding hydrogens is 212 g/mol. The highest BCUT2D eigenvalue weighted by Crippen LogP contribution is 2.14. The summed E-state index contributed by atoms with van der Waals surface area (Å²) >= 11 is 0. The molecular formula is C13H18N4. The molecule has 1 aromatic carbocycles. The van der Waals surface area contributed by atoms with E-state index in [1.165, 1.54) is 6.42 Å². The zero-order chi connectivity index (χ0) is 12.1. The molecule has 1 atom stereocenters. The molecule has 0 fully saturated rings. The summed E-state index contributed by atoms with van der Waals surface area (Å²) in [5, 5.41) is 11.1. The van der Waals surface area contributed by atoms with E-state index in [1.807, 2.05) is 16.7 Å². The van der Waals surface area contributed by atoms with E-state index in [0.29, 0.717) is 5.92 Å². The van der Waals surface area contributed by atoms with Crippen LogP contribution in [0.3, 0.4) is 0 Å². The largest absolute Gasteiger partial charge is 0.385 e. The summed E-state index contributed by atoms with van der Waals surface area (Å²) < 4.78 is 1.90. The van der Waals surface area contributed by atoms with Crippen LogP contribution in [0.4, 0.5) is 5.69 Å². The molecule has 4 heteroatoms. The number of nitrogens with one attached hydrogen (secondary N) is 1. The number of rotatable bonds is 5. The Balaban J connectivity index is 2.07. The van der Waals surface area contributed by atoms with E-state index in [0.717, 1.165) is 17.9 Å². The fourth-order valence-corrected chi connectivity index (χ4v) is 1.55. The second-order valence-corrected chi connectivity index (χ2v) is 4.31. The van der Waals surface area contributed by atoms with E-state index in [-0.39, 0.29) is 0 Å². The Kier molecular flexibility index (Phi) is 3.75. The summed E-state index contributed by atoms with van der Waals surface area (Å²) in [4.78, 5) is 0. The summed E-state index contributed by atoms with van der Waals surface area (Å²) in [6.45, 7) is 5.46. The van der Waals surface area contributed by atoms with Crippen molar-refractivity contribution in [3.05, 3.63) is 36.9 Å². The molecule has 90 valence electrons. The highest BCUT2D eigenvalue weighted by molar-refractivity contribution is 5.50. The number of anilines is 1. The fraction of sp³-hybridized carbons (Fsp3) is 0.385. The Morgan fingerprint density at radius 2 is 2.06 bits per heavy atom. The summed E-state index contributed by atoms with van der Waals surface area (Å²) in [5.74, 6) is 0.688. The van der Waals surface area contributed by atoms with Crippen molar-refractivity contribution in [1.82, 2.24) is 14.8 Å². The topological polar surface area (TPSA) is 42.7 Å². The number of hydrogen-bond acceptors (Lipinski definition) is 3. The van der Waals surface area contributed by atoms with Crippen molar-refractivity contribution in [1.29, 1.82) is 0 Å². The van der Waals surface area contributed by atoms with Crippen molar-refractivity contribution < 1.29 is 0 Å². The van der Waals surface area contributed by atoms with Gasteiger partial charge in [0.1, 0.15) is 12.7 Å². The van der Waals surface area contributed by atoms with Gasteiger partial charge in [-0.15, -0.1) is 10.2 Å². The van der Waals surface area contributed by atoms with Gasteiger partial charge >= 0.3 is 0 Å². The Bertz CT molecular complexity index is 450. The minimum atomic E-state index is 0.688. The zero-order valence-corrected chi connectivity index (χ0v) is 10.3. The van der Waals surface area contributed by atoms with Gasteiger partial charge in [-0.2, -0.15) is 0 Å². The molecule has 0 aliphatic carbocycles. The smallest absolute Gasteiger partial charge is 0.123 e. The van der Waals surface area contributed by atoms with Gasteiger partial charge in [0.05, 0.1) is 5.69 Å². The lowest BCUT2D eigenvalue weighted by Crippen LogP contribution is -2.10. The highest BCUT2D eigenvalue weighted by Gasteiger charge is 2.00. The molecule has 0 bridgehead atoms. The second kappa shape index (κ2) is 5.48. The van der Waals surface area contributed by atoms with Gasteiger partial charge in [0.25, 0.3) is 0 Å². The molecule has 2 rings (SSSR count). The standard InChI is InChI=1S/C13H18N4/c1-3-11(2)8-14-12-5-4-6-13(7-12)17-9-15-16-10-17/h4-7,9-11,14H,3,8H2,1-2H3. The predicted molar refractivity (Wildman–Crippen MR) is 69.3 cm³/mol. The number of benzene rings is 1. The van der Waals surface area contributed by atoms with Crippen molar-refractivity contribution in [2.75, 3.05) is 11.9 Å². The van der Waals surface area contributed by atoms with E-state index in [1.54, 1.807) is 12.7 Å². The third-order valence-electron chi connectivity index (χ3n) is 2.91. The maximum absolute atomic E-state index is 3.81. The normalized spacial score (nSPS) is 12.4. The Labute approximate surface area is 102 Å². The quantitative estimate of drug-likeness (QED) is 0.858. The molecule has 0 saturated heterocycles. The first-order chi connectivity index (χ1) is 8.29. The lowest BCUT2D eigenvalue weighted by Gasteiger charge is -2.12. The van der Waals surface area contributed by atoms with Gasteiger partial charge < -0.3 is 5.32 Å². The second-order valence-electron chi connectivity index (χ2n) is 4.31. The predicted octanol–water partition coefficient (Wildman–Crippen LogP) is 2.73. The van der Waals surface area contributed by atoms with Crippen molar-refractivity contribution in [3.63, 3.8) is 0 Å². The number of nitrogens with zero attached hydrogens (tertiary/aromatic N) is 3. The van der Waals surface area contributed by atoms with Gasteiger partial charge in [0.2, 0.25) is 0 Å². The molecule has 0 spiro atoms. The molecule has 17 heavy (non-hydrogen) atoms. The molecule has 0 saturated carbocycles. The lowest BCUT2D eigenvalue weighted by molar-refractivity contribution is 0.593. The zero-order valence-electron chi connectivity index (χ0n) is 10.3. The average Bonchev–Trinajstić information content (AvgIpc) is 2.90. The molecule has 0 aliphatic heterocycles. The summed E-state index contributed by atoms with van der Waals surface area (Å²) in [5.41, 5.74) is 2.21. The first-order valence-electron chi connectivity index (χ1n) is 5.98. The summed E-state index contributed by atoms with van der Waals surface area (Å²) in [6.07, 6.45) is 4.60. The van der Waals surface area contributed by atoms with Crippen molar-refractivity contribution in [2.24, 2.45) is 5.92 Å². The Morgan fingerprint density at radius 3 is 2.76 bits per heavy atom. The lowest BCUT2D eigenvalue weighted by atomic mass is 10.1. The van der Waals surface area contributed by atoms with Crippen LogP contribution in [-0.4, -0.2) is 21.3 Å². The Morgan fingerprint density at radius 1 is 1.29 bits per heavy atom. The van der Waals surface area contributed by atoms with Gasteiger partial charge in [-0.3, -0.25) is 4.57 Å². The van der Waals surface area contributed by atoms with Crippen LogP contribution < -0.4 is 5.32 Å². The minimum absolute atomic E-state index is 0.688. The average molecular weight is 230 g/mol. The van der Waals surface area contributed by atoms with E-state index < -0.39 is 0 Å². The molecule has 1 heterocycles. The van der Waals surface area contributed by atoms with E-state index in [9.17, 15) is 0 Å². The highest BCUT2D eigenvalue weighted by atomic mass is 15.2. The van der Waals surface area contributed by atoms with Gasteiger partial charge in [-0.05, 0) is 24.1 Å². The number of hydrogen-bond donors (Lipinski definition) is 1. The van der Waals surface area contributed by atoms with E-state index >= 15 is 0 Å². The first kappa shape index (κ1) is 11.6. The molecule has 0 radical (unpaired) electrons. The van der Waals surface area contributed by atoms with Crippen LogP contribution >= 0.6 is 0 Å². The van der Waals surface area contributed by atoms with Crippen molar-refractivity contribution in [3.8, 4) is 5.69 Å². The van der Waals surface area contributed by atoms with Crippen LogP contribution in [0.25, 0.3) is 5.69 Å². The molecule has 1 aromatic heterocycles. The molecule has 0 aliphatic rings. The van der Waals surface area contributed by atoms with Crippen LogP contribution in [0, 0.1) is 5.92 Å². The van der Waals surface area contributed by atoms with Gasteiger partial charge in [0, 0.05) is 12.2 Å². The monoisotopic (exact) mass is 230 g/mol. The maximum Gasteiger partial charge on any atom is 0.123 e. The van der Waals surface area contributed by atoms with Crippen molar-refractivity contribution in [2.45, 2.75) is 20.3 Å². The number of aromatic nitrogens is 3. The first-order valence-corrected chi connectivity index (χ1v) is 5.98. The third kappa shape index (κ3) is 3.06. The summed E-state index contributed by atoms with van der Waals surface area (Å²) in [6, 6.07) is 8.26. The Hall–Kier alpha value is -1.84. The van der Waals surface area contributed by atoms with Crippen LogP contribution in [0.5, 0.6) is 0 Å². The maximum atomic E-state index is 3.81. The van der Waals surface area contributed by atoms with Gasteiger partial charge in [-0.25, -0.2) is 0 Å². The molecule has 1 unspecified atom stereocenters. The van der Waals surface area contributed by atoms with Crippen LogP contribution in [0.1, 0.15) is 20.3 Å². The fourth-order valence-electron chi connectivity index (χ4n) is 1.55. The minimum Gasteiger partial charge on any atom is -0.385 e. The van der Waals surface area contributed by atoms with Crippen LogP contribution in [0.2, 0.25) is 0 Å². The van der Waals surface area contributed by atoms with Crippen LogP contribution in [0.15, 0.2) is 36.9 Å². The van der Waals surface area contributed by atoms with Crippen molar-refractivity contribution >= 4 is 5.69 Å². The molecule has 2 aromatic rings.